The smallest absolute Gasteiger partial charge is 0.273 e. The minimum atomic E-state index is -0.505. The molecule has 0 radical (unpaired) electrons. The van der Waals surface area contributed by atoms with Gasteiger partial charge in [0, 0.05) is 30.4 Å². The van der Waals surface area contributed by atoms with Crippen LogP contribution in [0.1, 0.15) is 16.2 Å². The molecule has 0 saturated heterocycles. The highest BCUT2D eigenvalue weighted by molar-refractivity contribution is 5.94. The second kappa shape index (κ2) is 5.13. The fourth-order valence-electron chi connectivity index (χ4n) is 1.53. The monoisotopic (exact) mass is 243 g/mol. The summed E-state index contributed by atoms with van der Waals surface area (Å²) in [4.78, 5) is 29.8. The topological polar surface area (TPSA) is 86.0 Å². The third-order valence-electron chi connectivity index (χ3n) is 2.35. The Balaban J connectivity index is 2.25. The molecule has 1 aromatic carbocycles. The van der Waals surface area contributed by atoms with E-state index < -0.39 is 4.92 Å². The van der Waals surface area contributed by atoms with Gasteiger partial charge in [0.25, 0.3) is 5.69 Å². The molecular formula is C12H9N3O3. The number of ketones is 1. The molecule has 0 aliphatic heterocycles. The molecule has 0 fully saturated rings. The first-order chi connectivity index (χ1) is 8.68. The van der Waals surface area contributed by atoms with Crippen molar-refractivity contribution in [2.75, 3.05) is 0 Å². The van der Waals surface area contributed by atoms with Crippen LogP contribution < -0.4 is 0 Å². The molecule has 1 heterocycles. The number of hydrogen-bond acceptors (Lipinski definition) is 5. The summed E-state index contributed by atoms with van der Waals surface area (Å²) >= 11 is 0. The summed E-state index contributed by atoms with van der Waals surface area (Å²) < 4.78 is 0. The van der Waals surface area contributed by atoms with Crippen molar-refractivity contribution in [2.24, 2.45) is 0 Å². The summed E-state index contributed by atoms with van der Waals surface area (Å²) in [6.45, 7) is 0. The summed E-state index contributed by atoms with van der Waals surface area (Å²) in [5.41, 5.74) is 0.293. The zero-order chi connectivity index (χ0) is 13.0. The number of rotatable bonds is 4. The van der Waals surface area contributed by atoms with E-state index in [-0.39, 0.29) is 23.7 Å². The SMILES string of the molecule is O=C(Cc1ccccc1[N+](=O)[O-])c1ncccn1. The first kappa shape index (κ1) is 11.8. The molecule has 0 amide bonds. The Morgan fingerprint density at radius 1 is 1.17 bits per heavy atom. The number of nitrogens with zero attached hydrogens (tertiary/aromatic N) is 3. The van der Waals surface area contributed by atoms with Crippen LogP contribution in [0.25, 0.3) is 0 Å². The number of benzene rings is 1. The zero-order valence-corrected chi connectivity index (χ0v) is 9.31. The van der Waals surface area contributed by atoms with E-state index in [1.54, 1.807) is 24.3 Å². The molecule has 0 N–H and O–H groups in total. The molecule has 18 heavy (non-hydrogen) atoms. The Kier molecular flexibility index (Phi) is 3.38. The molecule has 0 unspecified atom stereocenters. The van der Waals surface area contributed by atoms with Gasteiger partial charge in [-0.3, -0.25) is 14.9 Å². The summed E-state index contributed by atoms with van der Waals surface area (Å²) in [7, 11) is 0. The van der Waals surface area contributed by atoms with E-state index in [1.807, 2.05) is 0 Å². The lowest BCUT2D eigenvalue weighted by Gasteiger charge is -2.01. The van der Waals surface area contributed by atoms with Crippen molar-refractivity contribution in [3.8, 4) is 0 Å². The van der Waals surface area contributed by atoms with Crippen molar-refractivity contribution >= 4 is 11.5 Å². The van der Waals surface area contributed by atoms with Gasteiger partial charge in [-0.25, -0.2) is 9.97 Å². The predicted octanol–water partition coefficient (Wildman–Crippen LogP) is 1.81. The Labute approximate surface area is 102 Å². The first-order valence-electron chi connectivity index (χ1n) is 5.21. The molecule has 6 heteroatoms. The van der Waals surface area contributed by atoms with Crippen molar-refractivity contribution in [1.82, 2.24) is 9.97 Å². The molecule has 2 rings (SSSR count). The number of hydrogen-bond donors (Lipinski definition) is 0. The standard InChI is InChI=1S/C12H9N3O3/c16-11(12-13-6-3-7-14-12)8-9-4-1-2-5-10(9)15(17)18/h1-7H,8H2. The van der Waals surface area contributed by atoms with Crippen molar-refractivity contribution < 1.29 is 9.72 Å². The van der Waals surface area contributed by atoms with Crippen molar-refractivity contribution in [3.63, 3.8) is 0 Å². The van der Waals surface area contributed by atoms with E-state index >= 15 is 0 Å². The minimum Gasteiger partial charge on any atom is -0.290 e. The Hall–Kier alpha value is -2.63. The molecule has 0 bridgehead atoms. The number of carbonyl (C=O) groups excluding carboxylic acids is 1. The van der Waals surface area contributed by atoms with Crippen molar-refractivity contribution in [2.45, 2.75) is 6.42 Å². The largest absolute Gasteiger partial charge is 0.290 e. The fraction of sp³-hybridized carbons (Fsp3) is 0.0833. The highest BCUT2D eigenvalue weighted by Crippen LogP contribution is 2.18. The highest BCUT2D eigenvalue weighted by Gasteiger charge is 2.17. The van der Waals surface area contributed by atoms with Gasteiger partial charge < -0.3 is 0 Å². The van der Waals surface area contributed by atoms with E-state index in [4.69, 9.17) is 0 Å². The summed E-state index contributed by atoms with van der Waals surface area (Å²) in [6.07, 6.45) is 2.83. The van der Waals surface area contributed by atoms with E-state index in [0.717, 1.165) is 0 Å². The number of nitro groups is 1. The molecule has 6 nitrogen and oxygen atoms in total. The summed E-state index contributed by atoms with van der Waals surface area (Å²) in [6, 6.07) is 7.74. The molecule has 0 aliphatic carbocycles. The van der Waals surface area contributed by atoms with Crippen LogP contribution in [0.3, 0.4) is 0 Å². The Bertz CT molecular complexity index is 584. The first-order valence-corrected chi connectivity index (χ1v) is 5.21. The second-order valence-electron chi connectivity index (χ2n) is 3.56. The molecular weight excluding hydrogens is 234 g/mol. The molecule has 0 saturated carbocycles. The second-order valence-corrected chi connectivity index (χ2v) is 3.56. The summed E-state index contributed by atoms with van der Waals surface area (Å²) in [5.74, 6) is -0.277. The number of nitro benzene ring substituents is 1. The van der Waals surface area contributed by atoms with Gasteiger partial charge in [-0.05, 0) is 6.07 Å². The van der Waals surface area contributed by atoms with Crippen LogP contribution in [0.15, 0.2) is 42.7 Å². The predicted molar refractivity (Wildman–Crippen MR) is 63.2 cm³/mol. The maximum Gasteiger partial charge on any atom is 0.273 e. The van der Waals surface area contributed by atoms with Crippen molar-refractivity contribution in [3.05, 3.63) is 64.2 Å². The lowest BCUT2D eigenvalue weighted by molar-refractivity contribution is -0.385. The van der Waals surface area contributed by atoms with Crippen LogP contribution in [-0.2, 0) is 6.42 Å². The van der Waals surface area contributed by atoms with Crippen molar-refractivity contribution in [1.29, 1.82) is 0 Å². The van der Waals surface area contributed by atoms with Crippen LogP contribution in [-0.4, -0.2) is 20.7 Å². The van der Waals surface area contributed by atoms with Gasteiger partial charge in [-0.1, -0.05) is 18.2 Å². The zero-order valence-electron chi connectivity index (χ0n) is 9.31. The van der Waals surface area contributed by atoms with Crippen LogP contribution in [0, 0.1) is 10.1 Å². The van der Waals surface area contributed by atoms with Crippen LogP contribution in [0.2, 0.25) is 0 Å². The van der Waals surface area contributed by atoms with Crippen LogP contribution in [0.5, 0.6) is 0 Å². The van der Waals surface area contributed by atoms with Gasteiger partial charge in [-0.15, -0.1) is 0 Å². The lowest BCUT2D eigenvalue weighted by atomic mass is 10.1. The van der Waals surface area contributed by atoms with Gasteiger partial charge >= 0.3 is 0 Å². The normalized spacial score (nSPS) is 10.0. The third kappa shape index (κ3) is 2.54. The molecule has 0 aliphatic rings. The average Bonchev–Trinajstić information content (AvgIpc) is 2.40. The van der Waals surface area contributed by atoms with Gasteiger partial charge in [-0.2, -0.15) is 0 Å². The highest BCUT2D eigenvalue weighted by atomic mass is 16.6. The number of para-hydroxylation sites is 1. The number of aromatic nitrogens is 2. The van der Waals surface area contributed by atoms with E-state index in [1.165, 1.54) is 18.5 Å². The number of carbonyl (C=O) groups is 1. The average molecular weight is 243 g/mol. The summed E-state index contributed by atoms with van der Waals surface area (Å²) in [5, 5.41) is 10.8. The van der Waals surface area contributed by atoms with Crippen LogP contribution in [0.4, 0.5) is 5.69 Å². The maximum atomic E-state index is 11.8. The van der Waals surface area contributed by atoms with E-state index in [0.29, 0.717) is 5.56 Å². The van der Waals surface area contributed by atoms with Gasteiger partial charge in [0.15, 0.2) is 5.82 Å². The molecule has 1 aromatic heterocycles. The molecule has 2 aromatic rings. The molecule has 0 atom stereocenters. The van der Waals surface area contributed by atoms with E-state index in [9.17, 15) is 14.9 Å². The Morgan fingerprint density at radius 2 is 1.83 bits per heavy atom. The van der Waals surface area contributed by atoms with Crippen LogP contribution >= 0.6 is 0 Å². The molecule has 90 valence electrons. The third-order valence-corrected chi connectivity index (χ3v) is 2.35. The lowest BCUT2D eigenvalue weighted by Crippen LogP contribution is -2.09. The quantitative estimate of drug-likeness (QED) is 0.464. The molecule has 0 spiro atoms. The fourth-order valence-corrected chi connectivity index (χ4v) is 1.53. The van der Waals surface area contributed by atoms with E-state index in [2.05, 4.69) is 9.97 Å². The number of Topliss-reactive ketones (excluding diaryl/α,β-unsaturated/α-hetero) is 1. The van der Waals surface area contributed by atoms with Gasteiger partial charge in [0.1, 0.15) is 0 Å². The maximum absolute atomic E-state index is 11.8. The Morgan fingerprint density at radius 3 is 2.50 bits per heavy atom. The van der Waals surface area contributed by atoms with Gasteiger partial charge in [0.2, 0.25) is 5.78 Å². The minimum absolute atomic E-state index is 0.0654. The van der Waals surface area contributed by atoms with Gasteiger partial charge in [0.05, 0.1) is 4.92 Å².